The first-order chi connectivity index (χ1) is 10.5. The molecule has 0 saturated carbocycles. The molecule has 0 spiro atoms. The van der Waals surface area contributed by atoms with Crippen LogP contribution in [0, 0.1) is 0 Å². The van der Waals surface area contributed by atoms with Gasteiger partial charge in [-0.25, -0.2) is 4.74 Å². The summed E-state index contributed by atoms with van der Waals surface area (Å²) in [6.45, 7) is 0. The Morgan fingerprint density at radius 1 is 0.875 bits per heavy atom. The topological polar surface area (TPSA) is 55.4 Å². The number of halogens is 9. The van der Waals surface area contributed by atoms with Crippen molar-refractivity contribution in [3.63, 3.8) is 0 Å². The number of hydrogen-bond acceptors (Lipinski definition) is 3. The first-order valence-electron chi connectivity index (χ1n) is 5.51. The summed E-state index contributed by atoms with van der Waals surface area (Å²) in [6, 6.07) is 5.32. The van der Waals surface area contributed by atoms with Crippen LogP contribution in [-0.4, -0.2) is 31.3 Å². The molecule has 1 N–H and O–H groups in total. The Kier molecular flexibility index (Phi) is 5.34. The molecule has 14 heteroatoms. The van der Waals surface area contributed by atoms with Crippen molar-refractivity contribution in [3.8, 4) is 0 Å². The van der Waals surface area contributed by atoms with Gasteiger partial charge in [0.25, 0.3) is 0 Å². The predicted molar refractivity (Wildman–Crippen MR) is 65.7 cm³/mol. The van der Waals surface area contributed by atoms with Gasteiger partial charge in [0.15, 0.2) is 0 Å². The van der Waals surface area contributed by atoms with Crippen LogP contribution in [0.3, 0.4) is 0 Å². The quantitative estimate of drug-likeness (QED) is 0.548. The molecule has 0 saturated heterocycles. The van der Waals surface area contributed by atoms with Gasteiger partial charge in [-0.15, -0.1) is 0 Å². The van der Waals surface area contributed by atoms with Gasteiger partial charge >= 0.3 is 32.9 Å². The molecule has 0 heterocycles. The van der Waals surface area contributed by atoms with Crippen molar-refractivity contribution < 1.29 is 48.3 Å². The molecule has 0 atom stereocenters. The van der Waals surface area contributed by atoms with Crippen LogP contribution >= 0.6 is 11.6 Å². The van der Waals surface area contributed by atoms with Crippen LogP contribution in [-0.2, 0) is 14.8 Å². The third-order valence-corrected chi connectivity index (χ3v) is 3.93. The highest BCUT2D eigenvalue weighted by Gasteiger charge is 2.74. The fourth-order valence-electron chi connectivity index (χ4n) is 1.16. The van der Waals surface area contributed by atoms with Gasteiger partial charge in [0.2, 0.25) is 0 Å². The van der Waals surface area contributed by atoms with E-state index in [4.69, 9.17) is 0 Å². The Labute approximate surface area is 134 Å². The fourth-order valence-corrected chi connectivity index (χ4v) is 2.13. The van der Waals surface area contributed by atoms with Gasteiger partial charge in [-0.3, -0.25) is 4.72 Å². The number of anilines is 1. The third kappa shape index (κ3) is 4.00. The van der Waals surface area contributed by atoms with E-state index < -0.39 is 38.6 Å². The van der Waals surface area contributed by atoms with Crippen molar-refractivity contribution in [2.24, 2.45) is 0 Å². The number of nitrogens with one attached hydrogen (secondary N) is 1. The number of para-hydroxylation sites is 1. The summed E-state index contributed by atoms with van der Waals surface area (Å²) in [4.78, 5) is 0. The van der Waals surface area contributed by atoms with E-state index in [9.17, 15) is 43.5 Å². The van der Waals surface area contributed by atoms with Crippen molar-refractivity contribution >= 4 is 27.3 Å². The van der Waals surface area contributed by atoms with Crippen molar-refractivity contribution in [2.45, 2.75) is 22.9 Å². The van der Waals surface area contributed by atoms with Gasteiger partial charge in [0, 0.05) is 5.69 Å². The first kappa shape index (κ1) is 20.7. The molecule has 0 radical (unpaired) electrons. The fraction of sp³-hybridized carbons (Fsp3) is 0.400. The molecule has 4 nitrogen and oxygen atoms in total. The molecule has 1 aromatic rings. The average Bonchev–Trinajstić information content (AvgIpc) is 2.36. The Hall–Kier alpha value is -1.34. The van der Waals surface area contributed by atoms with Crippen LogP contribution in [0.2, 0.25) is 0 Å². The van der Waals surface area contributed by atoms with Gasteiger partial charge in [0.05, 0.1) is 0 Å². The molecule has 1 aromatic carbocycles. The molecule has 0 aliphatic heterocycles. The second-order valence-corrected chi connectivity index (χ2v) is 6.32. The minimum absolute atomic E-state index is 0.623. The number of alkyl halides is 9. The smallest absolute Gasteiger partial charge is 0.278 e. The van der Waals surface area contributed by atoms with E-state index in [1.807, 2.05) is 0 Å². The van der Waals surface area contributed by atoms with Crippen LogP contribution in [0.25, 0.3) is 0 Å². The van der Waals surface area contributed by atoms with Crippen molar-refractivity contribution in [1.29, 1.82) is 0 Å². The van der Waals surface area contributed by atoms with Crippen LogP contribution in [0.4, 0.5) is 40.8 Å². The van der Waals surface area contributed by atoms with E-state index in [0.717, 1.165) is 29.0 Å². The Bertz CT molecular complexity index is 677. The van der Waals surface area contributed by atoms with Crippen molar-refractivity contribution in [1.82, 2.24) is 0 Å². The Morgan fingerprint density at radius 2 is 1.33 bits per heavy atom. The summed E-state index contributed by atoms with van der Waals surface area (Å²) in [5, 5.41) is -12.1. The monoisotopic (exact) mass is 407 g/mol. The standard InChI is InChI=1S/C10H6ClF8NO3S/c11-7(12,13)8(14,15)23-9(16,17)10(18,19)24(21,22)20-6-4-2-1-3-5-6/h1-5,20H. The molecule has 0 unspecified atom stereocenters. The third-order valence-electron chi connectivity index (χ3n) is 2.29. The van der Waals surface area contributed by atoms with E-state index in [1.165, 1.54) is 6.07 Å². The molecule has 0 aliphatic rings. The van der Waals surface area contributed by atoms with E-state index in [2.05, 4.69) is 16.3 Å². The van der Waals surface area contributed by atoms with E-state index >= 15 is 0 Å². The van der Waals surface area contributed by atoms with E-state index in [-0.39, 0.29) is 0 Å². The minimum Gasteiger partial charge on any atom is -0.278 e. The average molecular weight is 408 g/mol. The lowest BCUT2D eigenvalue weighted by molar-refractivity contribution is -0.442. The summed E-state index contributed by atoms with van der Waals surface area (Å²) in [6.07, 6.45) is -12.8. The molecule has 0 fully saturated rings. The Morgan fingerprint density at radius 3 is 1.75 bits per heavy atom. The SMILES string of the molecule is O=S(=O)(Nc1ccccc1)C(F)(F)C(F)(F)OC(F)(F)C(F)(F)Cl. The number of ether oxygens (including phenoxy) is 1. The maximum Gasteiger partial charge on any atom is 0.453 e. The summed E-state index contributed by atoms with van der Waals surface area (Å²) in [5.41, 5.74) is -0.623. The van der Waals surface area contributed by atoms with Gasteiger partial charge in [-0.2, -0.15) is 43.5 Å². The maximum atomic E-state index is 13.4. The molecular weight excluding hydrogens is 402 g/mol. The lowest BCUT2D eigenvalue weighted by atomic mass is 10.3. The zero-order valence-electron chi connectivity index (χ0n) is 10.9. The summed E-state index contributed by atoms with van der Waals surface area (Å²) >= 11 is 3.77. The second-order valence-electron chi connectivity index (χ2n) is 4.12. The molecular formula is C10H6ClF8NO3S. The summed E-state index contributed by atoms with van der Waals surface area (Å²) in [7, 11) is -6.37. The molecule has 1 rings (SSSR count). The molecule has 138 valence electrons. The largest absolute Gasteiger partial charge is 0.453 e. The molecule has 0 bridgehead atoms. The lowest BCUT2D eigenvalue weighted by Crippen LogP contribution is -2.56. The number of rotatable bonds is 7. The maximum absolute atomic E-state index is 13.4. The van der Waals surface area contributed by atoms with Crippen LogP contribution in [0.15, 0.2) is 30.3 Å². The molecule has 0 aromatic heterocycles. The van der Waals surface area contributed by atoms with Crippen LogP contribution < -0.4 is 4.72 Å². The molecule has 24 heavy (non-hydrogen) atoms. The zero-order chi connectivity index (χ0) is 19.0. The van der Waals surface area contributed by atoms with Gasteiger partial charge < -0.3 is 0 Å². The minimum atomic E-state index is -6.55. The zero-order valence-corrected chi connectivity index (χ0v) is 12.5. The lowest BCUT2D eigenvalue weighted by Gasteiger charge is -2.30. The molecule has 0 amide bonds. The van der Waals surface area contributed by atoms with Crippen LogP contribution in [0.1, 0.15) is 0 Å². The van der Waals surface area contributed by atoms with Gasteiger partial charge in [0.1, 0.15) is 0 Å². The van der Waals surface area contributed by atoms with Crippen molar-refractivity contribution in [2.75, 3.05) is 4.72 Å². The normalized spacial score (nSPS) is 14.5. The highest BCUT2D eigenvalue weighted by molar-refractivity contribution is 7.93. The van der Waals surface area contributed by atoms with Crippen LogP contribution in [0.5, 0.6) is 0 Å². The highest BCUT2D eigenvalue weighted by atomic mass is 35.5. The summed E-state index contributed by atoms with van der Waals surface area (Å²) < 4.78 is 129. The number of sulfonamides is 1. The van der Waals surface area contributed by atoms with Gasteiger partial charge in [-0.05, 0) is 23.7 Å². The number of benzene rings is 1. The van der Waals surface area contributed by atoms with Gasteiger partial charge in [-0.1, -0.05) is 18.2 Å². The van der Waals surface area contributed by atoms with Crippen molar-refractivity contribution in [3.05, 3.63) is 30.3 Å². The summed E-state index contributed by atoms with van der Waals surface area (Å²) in [5.74, 6) is 0. The predicted octanol–water partition coefficient (Wildman–Crippen LogP) is 4.05. The first-order valence-corrected chi connectivity index (χ1v) is 7.37. The second kappa shape index (κ2) is 6.19. The highest BCUT2D eigenvalue weighted by Crippen LogP contribution is 2.48. The molecule has 0 aliphatic carbocycles. The number of hydrogen-bond donors (Lipinski definition) is 1. The van der Waals surface area contributed by atoms with E-state index in [1.54, 1.807) is 0 Å². The Balaban J connectivity index is 3.16. The van der Waals surface area contributed by atoms with E-state index in [0.29, 0.717) is 0 Å².